The number of carbonyl (C=O) groups excluding carboxylic acids is 2. The fourth-order valence-corrected chi connectivity index (χ4v) is 5.00. The molecule has 3 aromatic carbocycles. The van der Waals surface area contributed by atoms with Crippen LogP contribution in [0.5, 0.6) is 0 Å². The molecule has 2 amide bonds. The van der Waals surface area contributed by atoms with Crippen molar-refractivity contribution in [2.24, 2.45) is 0 Å². The molecule has 220 valence electrons. The number of fused-ring (bicyclic) bond motifs is 4. The zero-order valence-corrected chi connectivity index (χ0v) is 24.7. The van der Waals surface area contributed by atoms with Crippen molar-refractivity contribution in [1.29, 1.82) is 0 Å². The summed E-state index contributed by atoms with van der Waals surface area (Å²) in [5, 5.41) is 5.55. The highest BCUT2D eigenvalue weighted by Gasteiger charge is 2.19. The van der Waals surface area contributed by atoms with Gasteiger partial charge in [0.2, 0.25) is 5.91 Å². The van der Waals surface area contributed by atoms with Crippen molar-refractivity contribution >= 4 is 40.5 Å². The Morgan fingerprint density at radius 1 is 1.00 bits per heavy atom. The number of amides is 2. The van der Waals surface area contributed by atoms with Gasteiger partial charge in [0.25, 0.3) is 0 Å². The van der Waals surface area contributed by atoms with Crippen LogP contribution in [0.15, 0.2) is 79.0 Å². The number of benzene rings is 3. The van der Waals surface area contributed by atoms with Gasteiger partial charge < -0.3 is 10.1 Å². The minimum Gasteiger partial charge on any atom is -0.444 e. The fraction of sp³-hybridized carbons (Fsp3) is 0.206. The number of allylic oxidation sites excluding steroid dienone is 1. The Morgan fingerprint density at radius 2 is 1.79 bits per heavy atom. The first-order valence-corrected chi connectivity index (χ1v) is 14.2. The minimum atomic E-state index is -0.837. The first-order chi connectivity index (χ1) is 20.5. The molecule has 0 spiro atoms. The molecule has 9 heteroatoms. The third kappa shape index (κ3) is 7.09. The number of hydrogen-bond acceptors (Lipinski definition) is 4. The summed E-state index contributed by atoms with van der Waals surface area (Å²) in [5.74, 6) is -1.72. The van der Waals surface area contributed by atoms with Crippen molar-refractivity contribution in [3.05, 3.63) is 107 Å². The van der Waals surface area contributed by atoms with E-state index in [1.54, 1.807) is 45.0 Å². The molecule has 2 N–H and O–H groups in total. The van der Waals surface area contributed by atoms with E-state index in [-0.39, 0.29) is 28.5 Å². The molecule has 0 radical (unpaired) electrons. The van der Waals surface area contributed by atoms with Gasteiger partial charge in [-0.3, -0.25) is 15.1 Å². The number of anilines is 2. The molecule has 2 bridgehead atoms. The van der Waals surface area contributed by atoms with Crippen LogP contribution in [-0.4, -0.2) is 22.6 Å². The molecule has 0 fully saturated rings. The van der Waals surface area contributed by atoms with E-state index in [2.05, 4.69) is 15.6 Å². The molecular weight excluding hydrogens is 572 g/mol. The normalized spacial score (nSPS) is 13.5. The molecule has 4 aromatic rings. The number of carbonyl (C=O) groups is 2. The van der Waals surface area contributed by atoms with Crippen molar-refractivity contribution in [1.82, 2.24) is 4.98 Å². The molecule has 0 saturated heterocycles. The van der Waals surface area contributed by atoms with E-state index >= 15 is 0 Å². The van der Waals surface area contributed by atoms with Crippen LogP contribution in [0.1, 0.15) is 51.3 Å². The lowest BCUT2D eigenvalue weighted by Gasteiger charge is -2.20. The molecule has 5 rings (SSSR count). The van der Waals surface area contributed by atoms with Gasteiger partial charge in [-0.2, -0.15) is 0 Å². The van der Waals surface area contributed by atoms with E-state index in [1.165, 1.54) is 12.3 Å². The van der Waals surface area contributed by atoms with Crippen molar-refractivity contribution in [3.63, 3.8) is 0 Å². The maximum Gasteiger partial charge on any atom is 0.412 e. The van der Waals surface area contributed by atoms with Crippen LogP contribution in [-0.2, 0) is 9.53 Å². The van der Waals surface area contributed by atoms with Gasteiger partial charge in [0.05, 0.1) is 22.0 Å². The highest BCUT2D eigenvalue weighted by molar-refractivity contribution is 6.31. The number of nitrogens with zero attached hydrogens (tertiary/aromatic N) is 1. The molecule has 43 heavy (non-hydrogen) atoms. The summed E-state index contributed by atoms with van der Waals surface area (Å²) in [4.78, 5) is 29.8. The Hall–Kier alpha value is -4.56. The molecule has 1 aliphatic rings. The number of nitrogens with one attached hydrogen (secondary N) is 2. The SMILES string of the molecule is CC(C)(C)OC(=O)Nc1ccc2c(c1)NC(=O)CCCC=C(c1ccc(-c3c(F)ccc(Cl)c3F)cn1)c1cccc-2c1. The summed E-state index contributed by atoms with van der Waals surface area (Å²) < 4.78 is 34.5. The van der Waals surface area contributed by atoms with Crippen molar-refractivity contribution < 1.29 is 23.1 Å². The maximum absolute atomic E-state index is 14.6. The van der Waals surface area contributed by atoms with Crippen LogP contribution in [0, 0.1) is 11.6 Å². The molecule has 0 aliphatic carbocycles. The molecule has 6 nitrogen and oxygen atoms in total. The third-order valence-corrected chi connectivity index (χ3v) is 7.04. The standard InChI is InChI=1S/C34H30ClF2N3O3/c1-34(2,3)43-33(42)39-23-12-13-25-21-8-6-7-20(17-21)24(9-4-5-10-30(41)40-29(25)18-23)28-16-11-22(19-38-28)31-27(36)15-14-26(35)32(31)37/h6-9,11-19H,4-5,10H2,1-3H3,(H,39,42)(H,40,41). The van der Waals surface area contributed by atoms with Crippen LogP contribution in [0.4, 0.5) is 25.0 Å². The lowest BCUT2D eigenvalue weighted by molar-refractivity contribution is -0.116. The Labute approximate surface area is 253 Å². The second-order valence-corrected chi connectivity index (χ2v) is 11.6. The minimum absolute atomic E-state index is 0.157. The summed E-state index contributed by atoms with van der Waals surface area (Å²) in [6, 6.07) is 18.7. The zero-order valence-electron chi connectivity index (χ0n) is 23.9. The van der Waals surface area contributed by atoms with Crippen LogP contribution in [0.2, 0.25) is 5.02 Å². The van der Waals surface area contributed by atoms with Crippen LogP contribution >= 0.6 is 11.6 Å². The van der Waals surface area contributed by atoms with E-state index in [0.29, 0.717) is 29.9 Å². The van der Waals surface area contributed by atoms with Crippen molar-refractivity contribution in [2.45, 2.75) is 45.6 Å². The van der Waals surface area contributed by atoms with Gasteiger partial charge in [0, 0.05) is 35.0 Å². The first-order valence-electron chi connectivity index (χ1n) is 13.8. The van der Waals surface area contributed by atoms with Crippen LogP contribution in [0.3, 0.4) is 0 Å². The predicted octanol–water partition coefficient (Wildman–Crippen LogP) is 9.25. The third-order valence-electron chi connectivity index (χ3n) is 6.75. The zero-order chi connectivity index (χ0) is 30.7. The summed E-state index contributed by atoms with van der Waals surface area (Å²) >= 11 is 5.89. The second kappa shape index (κ2) is 12.4. The van der Waals surface area contributed by atoms with Gasteiger partial charge in [-0.25, -0.2) is 13.6 Å². The molecule has 0 unspecified atom stereocenters. The number of ether oxygens (including phenoxy) is 1. The largest absolute Gasteiger partial charge is 0.444 e. The van der Waals surface area contributed by atoms with Crippen LogP contribution in [0.25, 0.3) is 27.8 Å². The number of hydrogen-bond donors (Lipinski definition) is 2. The van der Waals surface area contributed by atoms with E-state index in [1.807, 2.05) is 36.4 Å². The monoisotopic (exact) mass is 601 g/mol. The quantitative estimate of drug-likeness (QED) is 0.229. The van der Waals surface area contributed by atoms with Gasteiger partial charge in [-0.15, -0.1) is 0 Å². The van der Waals surface area contributed by atoms with Gasteiger partial charge in [0.1, 0.15) is 11.4 Å². The molecular formula is C34H30ClF2N3O3. The Balaban J connectivity index is 1.51. The topological polar surface area (TPSA) is 80.3 Å². The number of aromatic nitrogens is 1. The average molecular weight is 602 g/mol. The van der Waals surface area contributed by atoms with Crippen molar-refractivity contribution in [2.75, 3.05) is 10.6 Å². The van der Waals surface area contributed by atoms with Gasteiger partial charge in [-0.05, 0) is 81.1 Å². The lowest BCUT2D eigenvalue weighted by Crippen LogP contribution is -2.27. The molecule has 0 saturated carbocycles. The van der Waals surface area contributed by atoms with Gasteiger partial charge in [0.15, 0.2) is 5.82 Å². The molecule has 2 heterocycles. The number of pyridine rings is 1. The average Bonchev–Trinajstić information content (AvgIpc) is 2.94. The highest BCUT2D eigenvalue weighted by atomic mass is 35.5. The summed E-state index contributed by atoms with van der Waals surface area (Å²) in [5.41, 5.74) is 4.33. The molecule has 0 atom stereocenters. The van der Waals surface area contributed by atoms with E-state index in [4.69, 9.17) is 16.3 Å². The fourth-order valence-electron chi connectivity index (χ4n) is 4.84. The summed E-state index contributed by atoms with van der Waals surface area (Å²) in [6.07, 6.45) is 4.31. The summed E-state index contributed by atoms with van der Waals surface area (Å²) in [7, 11) is 0. The van der Waals surface area contributed by atoms with E-state index in [9.17, 15) is 18.4 Å². The van der Waals surface area contributed by atoms with E-state index < -0.39 is 23.3 Å². The predicted molar refractivity (Wildman–Crippen MR) is 166 cm³/mol. The van der Waals surface area contributed by atoms with Crippen molar-refractivity contribution in [3.8, 4) is 22.3 Å². The smallest absolute Gasteiger partial charge is 0.412 e. The Kier molecular flexibility index (Phi) is 8.59. The summed E-state index contributed by atoms with van der Waals surface area (Å²) in [6.45, 7) is 5.34. The lowest BCUT2D eigenvalue weighted by atomic mass is 9.94. The molecule has 1 aliphatic heterocycles. The van der Waals surface area contributed by atoms with Gasteiger partial charge >= 0.3 is 6.09 Å². The maximum atomic E-state index is 14.6. The number of halogens is 3. The van der Waals surface area contributed by atoms with E-state index in [0.717, 1.165) is 28.3 Å². The molecule has 1 aromatic heterocycles. The Morgan fingerprint density at radius 3 is 2.53 bits per heavy atom. The highest BCUT2D eigenvalue weighted by Crippen LogP contribution is 2.36. The Bertz CT molecular complexity index is 1730. The first kappa shape index (κ1) is 29.9. The second-order valence-electron chi connectivity index (χ2n) is 11.2. The van der Waals surface area contributed by atoms with Gasteiger partial charge in [-0.1, -0.05) is 48.0 Å². The van der Waals surface area contributed by atoms with Crippen LogP contribution < -0.4 is 10.6 Å². The number of rotatable bonds is 3.